The van der Waals surface area contributed by atoms with Gasteiger partial charge in [-0.15, -0.1) is 0 Å². The molecule has 1 aliphatic rings. The average molecular weight is 344 g/mol. The maximum absolute atomic E-state index is 12.5. The van der Waals surface area contributed by atoms with Crippen LogP contribution in [0.2, 0.25) is 0 Å². The SMILES string of the molecule is CC(C)Oc1cccc(C(=O)Nc2nc(C3CCNCC3)nn2C)n1. The Morgan fingerprint density at radius 3 is 2.80 bits per heavy atom. The van der Waals surface area contributed by atoms with Gasteiger partial charge in [0.25, 0.3) is 5.91 Å². The first-order valence-electron chi connectivity index (χ1n) is 8.59. The third kappa shape index (κ3) is 4.33. The Bertz CT molecular complexity index is 736. The number of amides is 1. The van der Waals surface area contributed by atoms with Gasteiger partial charge in [-0.25, -0.2) is 9.67 Å². The van der Waals surface area contributed by atoms with Crippen LogP contribution < -0.4 is 15.4 Å². The molecule has 0 unspecified atom stereocenters. The molecule has 0 spiro atoms. The van der Waals surface area contributed by atoms with E-state index in [4.69, 9.17) is 4.74 Å². The summed E-state index contributed by atoms with van der Waals surface area (Å²) < 4.78 is 7.13. The molecule has 0 radical (unpaired) electrons. The minimum Gasteiger partial charge on any atom is -0.475 e. The van der Waals surface area contributed by atoms with Gasteiger partial charge in [-0.1, -0.05) is 6.07 Å². The standard InChI is InChI=1S/C17H24N6O2/c1-11(2)25-14-6-4-5-13(19-14)16(24)21-17-20-15(22-23(17)3)12-7-9-18-10-8-12/h4-6,11-12,18H,7-10H2,1-3H3,(H,20,21,22,24). The van der Waals surface area contributed by atoms with Crippen LogP contribution in [0.4, 0.5) is 5.95 Å². The number of anilines is 1. The normalized spacial score (nSPS) is 15.4. The lowest BCUT2D eigenvalue weighted by Gasteiger charge is -2.19. The molecule has 8 nitrogen and oxygen atoms in total. The fourth-order valence-corrected chi connectivity index (χ4v) is 2.78. The molecule has 1 fully saturated rings. The highest BCUT2D eigenvalue weighted by Gasteiger charge is 2.21. The van der Waals surface area contributed by atoms with Crippen LogP contribution in [0.25, 0.3) is 0 Å². The summed E-state index contributed by atoms with van der Waals surface area (Å²) >= 11 is 0. The molecule has 0 aliphatic carbocycles. The first-order chi connectivity index (χ1) is 12.0. The molecule has 1 aliphatic heterocycles. The number of piperidine rings is 1. The van der Waals surface area contributed by atoms with Crippen LogP contribution in [0.1, 0.15) is 48.9 Å². The second-order valence-electron chi connectivity index (χ2n) is 6.42. The Morgan fingerprint density at radius 1 is 1.32 bits per heavy atom. The lowest BCUT2D eigenvalue weighted by molar-refractivity contribution is 0.101. The first kappa shape index (κ1) is 17.3. The molecule has 2 aromatic heterocycles. The van der Waals surface area contributed by atoms with Crippen LogP contribution in [0.5, 0.6) is 5.88 Å². The minimum absolute atomic E-state index is 0.00269. The second-order valence-corrected chi connectivity index (χ2v) is 6.42. The first-order valence-corrected chi connectivity index (χ1v) is 8.59. The van der Waals surface area contributed by atoms with Gasteiger partial charge in [-0.3, -0.25) is 10.1 Å². The number of aryl methyl sites for hydroxylation is 1. The van der Waals surface area contributed by atoms with E-state index in [-0.39, 0.29) is 17.7 Å². The van der Waals surface area contributed by atoms with E-state index >= 15 is 0 Å². The molecular formula is C17H24N6O2. The molecule has 1 amide bonds. The van der Waals surface area contributed by atoms with Gasteiger partial charge >= 0.3 is 0 Å². The van der Waals surface area contributed by atoms with Crippen LogP contribution >= 0.6 is 0 Å². The molecule has 25 heavy (non-hydrogen) atoms. The van der Waals surface area contributed by atoms with E-state index < -0.39 is 0 Å². The number of rotatable bonds is 5. The average Bonchev–Trinajstić information content (AvgIpc) is 2.96. The molecule has 0 atom stereocenters. The zero-order valence-corrected chi connectivity index (χ0v) is 14.8. The fourth-order valence-electron chi connectivity index (χ4n) is 2.78. The van der Waals surface area contributed by atoms with Crippen LogP contribution in [-0.4, -0.2) is 44.8 Å². The molecule has 8 heteroatoms. The topological polar surface area (TPSA) is 94.0 Å². The van der Waals surface area contributed by atoms with Crippen molar-refractivity contribution in [3.63, 3.8) is 0 Å². The maximum atomic E-state index is 12.5. The van der Waals surface area contributed by atoms with Crippen molar-refractivity contribution in [3.05, 3.63) is 29.7 Å². The van der Waals surface area contributed by atoms with Gasteiger partial charge in [-0.05, 0) is 45.8 Å². The smallest absolute Gasteiger partial charge is 0.276 e. The van der Waals surface area contributed by atoms with E-state index in [1.165, 1.54) is 0 Å². The summed E-state index contributed by atoms with van der Waals surface area (Å²) in [5, 5.41) is 10.6. The summed E-state index contributed by atoms with van der Waals surface area (Å²) in [4.78, 5) is 21.2. The summed E-state index contributed by atoms with van der Waals surface area (Å²) in [7, 11) is 1.78. The number of hydrogen-bond acceptors (Lipinski definition) is 6. The second kappa shape index (κ2) is 7.60. The summed E-state index contributed by atoms with van der Waals surface area (Å²) in [6.07, 6.45) is 2.01. The van der Waals surface area contributed by atoms with Crippen LogP contribution in [0.3, 0.4) is 0 Å². The molecule has 3 heterocycles. The Hall–Kier alpha value is -2.48. The highest BCUT2D eigenvalue weighted by Crippen LogP contribution is 2.23. The number of hydrogen-bond donors (Lipinski definition) is 2. The van der Waals surface area contributed by atoms with E-state index in [1.807, 2.05) is 13.8 Å². The number of ether oxygens (including phenoxy) is 1. The van der Waals surface area contributed by atoms with Crippen LogP contribution in [0, 0.1) is 0 Å². The molecule has 2 aromatic rings. The van der Waals surface area contributed by atoms with Crippen molar-refractivity contribution in [2.75, 3.05) is 18.4 Å². The Labute approximate surface area is 147 Å². The van der Waals surface area contributed by atoms with Gasteiger partial charge in [0.05, 0.1) is 6.10 Å². The number of nitrogens with one attached hydrogen (secondary N) is 2. The summed E-state index contributed by atoms with van der Waals surface area (Å²) in [5.74, 6) is 1.64. The quantitative estimate of drug-likeness (QED) is 0.858. The van der Waals surface area contributed by atoms with E-state index in [1.54, 1.807) is 29.9 Å². The van der Waals surface area contributed by atoms with Gasteiger partial charge in [0.15, 0.2) is 5.82 Å². The molecule has 0 saturated carbocycles. The monoisotopic (exact) mass is 344 g/mol. The van der Waals surface area contributed by atoms with Crippen LogP contribution in [-0.2, 0) is 7.05 Å². The Morgan fingerprint density at radius 2 is 2.08 bits per heavy atom. The van der Waals surface area contributed by atoms with E-state index in [0.717, 1.165) is 31.8 Å². The van der Waals surface area contributed by atoms with E-state index in [9.17, 15) is 4.79 Å². The minimum atomic E-state index is -0.332. The molecule has 3 rings (SSSR count). The highest BCUT2D eigenvalue weighted by molar-refractivity contribution is 6.01. The lowest BCUT2D eigenvalue weighted by Crippen LogP contribution is -2.27. The molecule has 1 saturated heterocycles. The van der Waals surface area contributed by atoms with Gasteiger partial charge in [0.2, 0.25) is 11.8 Å². The van der Waals surface area contributed by atoms with Crippen molar-refractivity contribution in [2.24, 2.45) is 7.05 Å². The highest BCUT2D eigenvalue weighted by atomic mass is 16.5. The Kier molecular flexibility index (Phi) is 5.28. The van der Waals surface area contributed by atoms with E-state index in [0.29, 0.717) is 17.7 Å². The molecule has 134 valence electrons. The molecular weight excluding hydrogens is 320 g/mol. The fraction of sp³-hybridized carbons (Fsp3) is 0.529. The number of carbonyl (C=O) groups is 1. The van der Waals surface area contributed by atoms with Crippen LogP contribution in [0.15, 0.2) is 18.2 Å². The van der Waals surface area contributed by atoms with E-state index in [2.05, 4.69) is 25.7 Å². The van der Waals surface area contributed by atoms with Gasteiger partial charge in [-0.2, -0.15) is 10.1 Å². The number of nitrogens with zero attached hydrogens (tertiary/aromatic N) is 4. The molecule has 2 N–H and O–H groups in total. The third-order valence-corrected chi connectivity index (χ3v) is 4.02. The predicted octanol–water partition coefficient (Wildman–Crippen LogP) is 1.72. The number of pyridine rings is 1. The zero-order chi connectivity index (χ0) is 17.8. The lowest BCUT2D eigenvalue weighted by atomic mass is 9.98. The summed E-state index contributed by atoms with van der Waals surface area (Å²) in [6, 6.07) is 5.12. The Balaban J connectivity index is 1.71. The summed E-state index contributed by atoms with van der Waals surface area (Å²) in [6.45, 7) is 5.76. The van der Waals surface area contributed by atoms with Gasteiger partial charge in [0, 0.05) is 19.0 Å². The molecule has 0 bridgehead atoms. The van der Waals surface area contributed by atoms with Gasteiger partial charge in [0.1, 0.15) is 5.69 Å². The number of carbonyl (C=O) groups excluding carboxylic acids is 1. The molecule has 0 aromatic carbocycles. The zero-order valence-electron chi connectivity index (χ0n) is 14.8. The number of aromatic nitrogens is 4. The van der Waals surface area contributed by atoms with Gasteiger partial charge < -0.3 is 10.1 Å². The van der Waals surface area contributed by atoms with Crippen molar-refractivity contribution in [2.45, 2.75) is 38.7 Å². The third-order valence-electron chi connectivity index (χ3n) is 4.02. The van der Waals surface area contributed by atoms with Crippen molar-refractivity contribution in [1.29, 1.82) is 0 Å². The van der Waals surface area contributed by atoms with Crippen molar-refractivity contribution < 1.29 is 9.53 Å². The van der Waals surface area contributed by atoms with Crippen molar-refractivity contribution in [3.8, 4) is 5.88 Å². The predicted molar refractivity (Wildman–Crippen MR) is 93.8 cm³/mol. The van der Waals surface area contributed by atoms with Crippen molar-refractivity contribution in [1.82, 2.24) is 25.1 Å². The van der Waals surface area contributed by atoms with Crippen molar-refractivity contribution >= 4 is 11.9 Å². The maximum Gasteiger partial charge on any atom is 0.276 e. The largest absolute Gasteiger partial charge is 0.475 e. The summed E-state index contributed by atoms with van der Waals surface area (Å²) in [5.41, 5.74) is 0.282.